The molecule has 3 heterocycles. The summed E-state index contributed by atoms with van der Waals surface area (Å²) in [4.78, 5) is 8.40. The Morgan fingerprint density at radius 2 is 2.05 bits per heavy atom. The highest BCUT2D eigenvalue weighted by Crippen LogP contribution is 2.22. The molecule has 0 aliphatic carbocycles. The fourth-order valence-electron chi connectivity index (χ4n) is 2.30. The zero-order valence-corrected chi connectivity index (χ0v) is 11.4. The number of aryl methyl sites for hydroxylation is 1. The molecule has 8 heteroatoms. The lowest BCUT2D eigenvalue weighted by atomic mass is 10.1. The van der Waals surface area contributed by atoms with E-state index in [2.05, 4.69) is 20.4 Å². The van der Waals surface area contributed by atoms with Crippen molar-refractivity contribution in [2.24, 2.45) is 7.05 Å². The van der Waals surface area contributed by atoms with E-state index < -0.39 is 9.84 Å². The highest BCUT2D eigenvalue weighted by Gasteiger charge is 2.24. The Hall–Kier alpha value is -1.70. The summed E-state index contributed by atoms with van der Waals surface area (Å²) in [5, 5.41) is 8.32. The number of fused-ring (bicyclic) bond motifs is 1. The zero-order chi connectivity index (χ0) is 13.5. The molecule has 1 N–H and O–H groups in total. The first kappa shape index (κ1) is 12.3. The van der Waals surface area contributed by atoms with E-state index in [-0.39, 0.29) is 17.5 Å². The summed E-state index contributed by atoms with van der Waals surface area (Å²) < 4.78 is 24.5. The van der Waals surface area contributed by atoms with E-state index in [1.54, 1.807) is 10.9 Å². The van der Waals surface area contributed by atoms with Gasteiger partial charge in [-0.25, -0.2) is 18.4 Å². The molecule has 102 valence electrons. The molecule has 2 aromatic rings. The third kappa shape index (κ3) is 2.40. The predicted molar refractivity (Wildman–Crippen MR) is 71.6 cm³/mol. The van der Waals surface area contributed by atoms with Gasteiger partial charge in [0.05, 0.1) is 23.1 Å². The Morgan fingerprint density at radius 1 is 1.32 bits per heavy atom. The SMILES string of the molecule is Cn1ncc2c(NC3CCS(=O)(=O)CC3)ncnc21. The van der Waals surface area contributed by atoms with Crippen LogP contribution in [0.4, 0.5) is 5.82 Å². The van der Waals surface area contributed by atoms with Crippen molar-refractivity contribution < 1.29 is 8.42 Å². The number of hydrogen-bond acceptors (Lipinski definition) is 6. The van der Waals surface area contributed by atoms with E-state index in [1.165, 1.54) is 6.33 Å². The molecule has 19 heavy (non-hydrogen) atoms. The topological polar surface area (TPSA) is 89.8 Å². The van der Waals surface area contributed by atoms with Gasteiger partial charge in [0.1, 0.15) is 22.0 Å². The molecule has 7 nitrogen and oxygen atoms in total. The van der Waals surface area contributed by atoms with Crippen molar-refractivity contribution in [1.29, 1.82) is 0 Å². The van der Waals surface area contributed by atoms with Crippen LogP contribution in [0.15, 0.2) is 12.5 Å². The largest absolute Gasteiger partial charge is 0.367 e. The molecule has 0 bridgehead atoms. The normalized spacial score (nSPS) is 19.6. The average Bonchev–Trinajstić information content (AvgIpc) is 2.75. The second-order valence-electron chi connectivity index (χ2n) is 4.80. The van der Waals surface area contributed by atoms with Gasteiger partial charge < -0.3 is 5.32 Å². The standard InChI is InChI=1S/C11H15N5O2S/c1-16-11-9(6-14-16)10(12-7-13-11)15-8-2-4-19(17,18)5-3-8/h6-8H,2-5H2,1H3,(H,12,13,15). The summed E-state index contributed by atoms with van der Waals surface area (Å²) in [7, 11) is -1.01. The lowest BCUT2D eigenvalue weighted by molar-refractivity contribution is 0.559. The maximum absolute atomic E-state index is 11.4. The summed E-state index contributed by atoms with van der Waals surface area (Å²) in [5.74, 6) is 1.21. The minimum absolute atomic E-state index is 0.141. The van der Waals surface area contributed by atoms with Crippen molar-refractivity contribution in [3.8, 4) is 0 Å². The van der Waals surface area contributed by atoms with Gasteiger partial charge in [-0.15, -0.1) is 0 Å². The number of anilines is 1. The Balaban J connectivity index is 1.82. The van der Waals surface area contributed by atoms with E-state index >= 15 is 0 Å². The van der Waals surface area contributed by atoms with Crippen LogP contribution in [0.25, 0.3) is 11.0 Å². The Morgan fingerprint density at radius 3 is 2.79 bits per heavy atom. The smallest absolute Gasteiger partial charge is 0.163 e. The highest BCUT2D eigenvalue weighted by atomic mass is 32.2. The summed E-state index contributed by atoms with van der Waals surface area (Å²) >= 11 is 0. The number of hydrogen-bond donors (Lipinski definition) is 1. The van der Waals surface area contributed by atoms with E-state index in [9.17, 15) is 8.42 Å². The molecule has 3 rings (SSSR count). The summed E-state index contributed by atoms with van der Waals surface area (Å²) in [6, 6.07) is 0.141. The molecule has 0 unspecified atom stereocenters. The predicted octanol–water partition coefficient (Wildman–Crippen LogP) is 0.352. The third-order valence-corrected chi connectivity index (χ3v) is 5.14. The first-order valence-corrected chi connectivity index (χ1v) is 7.97. The van der Waals surface area contributed by atoms with Gasteiger partial charge in [0.2, 0.25) is 0 Å². The van der Waals surface area contributed by atoms with E-state index in [1.807, 2.05) is 7.05 Å². The van der Waals surface area contributed by atoms with Gasteiger partial charge in [-0.05, 0) is 12.8 Å². The Bertz CT molecular complexity index is 695. The number of aromatic nitrogens is 4. The molecule has 0 amide bonds. The number of nitrogens with zero attached hydrogens (tertiary/aromatic N) is 4. The van der Waals surface area contributed by atoms with Crippen LogP contribution in [0.5, 0.6) is 0 Å². The van der Waals surface area contributed by atoms with E-state index in [0.29, 0.717) is 12.8 Å². The molecule has 0 radical (unpaired) electrons. The van der Waals surface area contributed by atoms with Gasteiger partial charge in [0.25, 0.3) is 0 Å². The minimum atomic E-state index is -2.84. The highest BCUT2D eigenvalue weighted by molar-refractivity contribution is 7.91. The van der Waals surface area contributed by atoms with E-state index in [0.717, 1.165) is 16.9 Å². The van der Waals surface area contributed by atoms with E-state index in [4.69, 9.17) is 0 Å². The molecule has 0 atom stereocenters. The Labute approximate surface area is 111 Å². The maximum Gasteiger partial charge on any atom is 0.163 e. The van der Waals surface area contributed by atoms with Crippen LogP contribution in [0.3, 0.4) is 0 Å². The summed E-state index contributed by atoms with van der Waals surface area (Å²) in [6.45, 7) is 0. The maximum atomic E-state index is 11.4. The average molecular weight is 281 g/mol. The Kier molecular flexibility index (Phi) is 2.89. The molecule has 1 aliphatic heterocycles. The van der Waals surface area contributed by atoms with Crippen molar-refractivity contribution in [3.05, 3.63) is 12.5 Å². The van der Waals surface area contributed by atoms with Gasteiger partial charge in [0.15, 0.2) is 5.65 Å². The molecule has 0 aromatic carbocycles. The van der Waals surface area contributed by atoms with Crippen LogP contribution in [0.2, 0.25) is 0 Å². The molecule has 0 spiro atoms. The summed E-state index contributed by atoms with van der Waals surface area (Å²) in [6.07, 6.45) is 4.45. The van der Waals surface area contributed by atoms with Crippen LogP contribution < -0.4 is 5.32 Å². The molecule has 1 saturated heterocycles. The van der Waals surface area contributed by atoms with Crippen LogP contribution >= 0.6 is 0 Å². The first-order valence-electron chi connectivity index (χ1n) is 6.15. The number of sulfone groups is 1. The van der Waals surface area contributed by atoms with Crippen molar-refractivity contribution in [1.82, 2.24) is 19.7 Å². The fraction of sp³-hybridized carbons (Fsp3) is 0.545. The minimum Gasteiger partial charge on any atom is -0.367 e. The van der Waals surface area contributed by atoms with Gasteiger partial charge in [0, 0.05) is 13.1 Å². The molecule has 1 fully saturated rings. The molecule has 2 aromatic heterocycles. The first-order chi connectivity index (χ1) is 9.05. The summed E-state index contributed by atoms with van der Waals surface area (Å²) in [5.41, 5.74) is 0.765. The second kappa shape index (κ2) is 4.44. The number of nitrogens with one attached hydrogen (secondary N) is 1. The van der Waals surface area contributed by atoms with Crippen LogP contribution in [0.1, 0.15) is 12.8 Å². The van der Waals surface area contributed by atoms with Crippen molar-refractivity contribution in [3.63, 3.8) is 0 Å². The van der Waals surface area contributed by atoms with Gasteiger partial charge in [-0.2, -0.15) is 5.10 Å². The van der Waals surface area contributed by atoms with Crippen molar-refractivity contribution in [2.45, 2.75) is 18.9 Å². The van der Waals surface area contributed by atoms with Crippen LogP contribution in [-0.4, -0.2) is 45.7 Å². The van der Waals surface area contributed by atoms with Crippen LogP contribution in [-0.2, 0) is 16.9 Å². The third-order valence-electron chi connectivity index (χ3n) is 3.42. The number of rotatable bonds is 2. The van der Waals surface area contributed by atoms with Crippen molar-refractivity contribution >= 4 is 26.7 Å². The van der Waals surface area contributed by atoms with Gasteiger partial charge >= 0.3 is 0 Å². The molecule has 1 aliphatic rings. The molecule has 0 saturated carbocycles. The molecular weight excluding hydrogens is 266 g/mol. The lowest BCUT2D eigenvalue weighted by Crippen LogP contribution is -2.32. The van der Waals surface area contributed by atoms with Crippen LogP contribution in [0, 0.1) is 0 Å². The quantitative estimate of drug-likeness (QED) is 0.854. The lowest BCUT2D eigenvalue weighted by Gasteiger charge is -2.23. The molecular formula is C11H15N5O2S. The van der Waals surface area contributed by atoms with Gasteiger partial charge in [-0.1, -0.05) is 0 Å². The second-order valence-corrected chi connectivity index (χ2v) is 7.10. The fourth-order valence-corrected chi connectivity index (χ4v) is 3.80. The zero-order valence-electron chi connectivity index (χ0n) is 10.6. The van der Waals surface area contributed by atoms with Gasteiger partial charge in [-0.3, -0.25) is 4.68 Å². The monoisotopic (exact) mass is 281 g/mol. The van der Waals surface area contributed by atoms with Crippen molar-refractivity contribution in [2.75, 3.05) is 16.8 Å².